The van der Waals surface area contributed by atoms with Crippen LogP contribution < -0.4 is 10.1 Å². The molecule has 0 aliphatic heterocycles. The van der Waals surface area contributed by atoms with Gasteiger partial charge in [0.05, 0.1) is 6.61 Å². The van der Waals surface area contributed by atoms with Crippen LogP contribution in [0.15, 0.2) is 48.5 Å². The molecule has 2 rings (SSSR count). The Morgan fingerprint density at radius 3 is 1.95 bits per heavy atom. The normalized spacial score (nSPS) is 12.2. The quantitative estimate of drug-likeness (QED) is 0.768. The lowest BCUT2D eigenvalue weighted by Gasteiger charge is -2.17. The summed E-state index contributed by atoms with van der Waals surface area (Å²) in [5.74, 6) is 1.49. The summed E-state index contributed by atoms with van der Waals surface area (Å²) >= 11 is 0. The third-order valence-electron chi connectivity index (χ3n) is 3.65. The van der Waals surface area contributed by atoms with E-state index in [9.17, 15) is 0 Å². The van der Waals surface area contributed by atoms with Gasteiger partial charge in [0, 0.05) is 11.7 Å². The number of ether oxygens (including phenoxy) is 1. The van der Waals surface area contributed by atoms with Crippen LogP contribution in [0.25, 0.3) is 0 Å². The molecule has 1 unspecified atom stereocenters. The highest BCUT2D eigenvalue weighted by atomic mass is 16.5. The van der Waals surface area contributed by atoms with Crippen LogP contribution in [0.2, 0.25) is 0 Å². The van der Waals surface area contributed by atoms with Crippen LogP contribution in [-0.2, 0) is 0 Å². The predicted octanol–water partition coefficient (Wildman–Crippen LogP) is 5.38. The Morgan fingerprint density at radius 1 is 0.857 bits per heavy atom. The molecule has 2 heteroatoms. The monoisotopic (exact) mass is 283 g/mol. The second kappa shape index (κ2) is 7.16. The van der Waals surface area contributed by atoms with Crippen molar-refractivity contribution in [3.63, 3.8) is 0 Å². The van der Waals surface area contributed by atoms with Gasteiger partial charge in [0.25, 0.3) is 0 Å². The third kappa shape index (κ3) is 4.25. The van der Waals surface area contributed by atoms with E-state index in [1.165, 1.54) is 11.1 Å². The van der Waals surface area contributed by atoms with Gasteiger partial charge in [0.2, 0.25) is 0 Å². The zero-order valence-corrected chi connectivity index (χ0v) is 13.4. The molecule has 0 amide bonds. The zero-order valence-electron chi connectivity index (χ0n) is 13.4. The van der Waals surface area contributed by atoms with Gasteiger partial charge in [-0.15, -0.1) is 0 Å². The van der Waals surface area contributed by atoms with Crippen LogP contribution >= 0.6 is 0 Å². The first-order valence-corrected chi connectivity index (χ1v) is 7.69. The van der Waals surface area contributed by atoms with Crippen molar-refractivity contribution in [2.75, 3.05) is 11.9 Å². The van der Waals surface area contributed by atoms with Crippen molar-refractivity contribution in [1.82, 2.24) is 0 Å². The summed E-state index contributed by atoms with van der Waals surface area (Å²) < 4.78 is 5.46. The van der Waals surface area contributed by atoms with Crippen molar-refractivity contribution in [2.24, 2.45) is 0 Å². The molecule has 0 saturated heterocycles. The molecule has 0 fully saturated rings. The van der Waals surface area contributed by atoms with Gasteiger partial charge in [0.1, 0.15) is 5.75 Å². The molecule has 112 valence electrons. The first kappa shape index (κ1) is 15.4. The van der Waals surface area contributed by atoms with Crippen LogP contribution in [0.4, 0.5) is 5.69 Å². The number of rotatable bonds is 6. The second-order valence-electron chi connectivity index (χ2n) is 5.64. The van der Waals surface area contributed by atoms with E-state index in [0.29, 0.717) is 12.5 Å². The molecule has 0 aliphatic rings. The van der Waals surface area contributed by atoms with Crippen molar-refractivity contribution in [1.29, 1.82) is 0 Å². The number of anilines is 1. The van der Waals surface area contributed by atoms with Gasteiger partial charge in [-0.25, -0.2) is 0 Å². The Kier molecular flexibility index (Phi) is 5.26. The van der Waals surface area contributed by atoms with Crippen LogP contribution in [-0.4, -0.2) is 6.61 Å². The molecule has 0 saturated carbocycles. The summed E-state index contributed by atoms with van der Waals surface area (Å²) in [4.78, 5) is 0. The van der Waals surface area contributed by atoms with Gasteiger partial charge >= 0.3 is 0 Å². The summed E-state index contributed by atoms with van der Waals surface area (Å²) in [6.07, 6.45) is 0. The Bertz CT molecular complexity index is 543. The molecular weight excluding hydrogens is 258 g/mol. The molecular formula is C19H25NO. The number of hydrogen-bond acceptors (Lipinski definition) is 2. The van der Waals surface area contributed by atoms with Gasteiger partial charge < -0.3 is 10.1 Å². The van der Waals surface area contributed by atoms with Gasteiger partial charge in [-0.3, -0.25) is 0 Å². The molecule has 2 aromatic carbocycles. The average Bonchev–Trinajstić information content (AvgIpc) is 2.49. The molecule has 0 aromatic heterocycles. The van der Waals surface area contributed by atoms with Crippen LogP contribution in [0.1, 0.15) is 50.8 Å². The lowest BCUT2D eigenvalue weighted by molar-refractivity contribution is 0.340. The molecule has 0 spiro atoms. The second-order valence-corrected chi connectivity index (χ2v) is 5.64. The summed E-state index contributed by atoms with van der Waals surface area (Å²) in [7, 11) is 0. The molecule has 21 heavy (non-hydrogen) atoms. The number of hydrogen-bond donors (Lipinski definition) is 1. The van der Waals surface area contributed by atoms with E-state index in [-0.39, 0.29) is 6.04 Å². The van der Waals surface area contributed by atoms with E-state index in [2.05, 4.69) is 62.5 Å². The maximum Gasteiger partial charge on any atom is 0.119 e. The minimum absolute atomic E-state index is 0.282. The van der Waals surface area contributed by atoms with Crippen molar-refractivity contribution in [3.05, 3.63) is 59.7 Å². The molecule has 2 aromatic rings. The Labute approximate surface area is 128 Å². The maximum absolute atomic E-state index is 5.46. The minimum Gasteiger partial charge on any atom is -0.494 e. The van der Waals surface area contributed by atoms with Gasteiger partial charge in [-0.2, -0.15) is 0 Å². The van der Waals surface area contributed by atoms with Gasteiger partial charge in [-0.05, 0) is 55.2 Å². The van der Waals surface area contributed by atoms with Crippen LogP contribution in [0.5, 0.6) is 5.75 Å². The van der Waals surface area contributed by atoms with E-state index in [0.717, 1.165) is 11.4 Å². The SMILES string of the molecule is CCOc1ccc(NC(C)c2ccc(C(C)C)cc2)cc1. The first-order chi connectivity index (χ1) is 10.1. The van der Waals surface area contributed by atoms with Gasteiger partial charge in [-0.1, -0.05) is 38.1 Å². The molecule has 1 atom stereocenters. The summed E-state index contributed by atoms with van der Waals surface area (Å²) in [5.41, 5.74) is 3.79. The van der Waals surface area contributed by atoms with E-state index in [4.69, 9.17) is 4.74 Å². The van der Waals surface area contributed by atoms with E-state index >= 15 is 0 Å². The zero-order chi connectivity index (χ0) is 15.2. The smallest absolute Gasteiger partial charge is 0.119 e. The highest BCUT2D eigenvalue weighted by Crippen LogP contribution is 2.23. The fourth-order valence-electron chi connectivity index (χ4n) is 2.32. The highest BCUT2D eigenvalue weighted by molar-refractivity contribution is 5.48. The average molecular weight is 283 g/mol. The highest BCUT2D eigenvalue weighted by Gasteiger charge is 2.06. The topological polar surface area (TPSA) is 21.3 Å². The Balaban J connectivity index is 2.01. The fraction of sp³-hybridized carbons (Fsp3) is 0.368. The molecule has 0 bridgehead atoms. The van der Waals surface area contributed by atoms with E-state index in [1.54, 1.807) is 0 Å². The summed E-state index contributed by atoms with van der Waals surface area (Å²) in [6, 6.07) is 17.3. The molecule has 0 aliphatic carbocycles. The first-order valence-electron chi connectivity index (χ1n) is 7.69. The predicted molar refractivity (Wildman–Crippen MR) is 90.2 cm³/mol. The van der Waals surface area contributed by atoms with Crippen molar-refractivity contribution >= 4 is 5.69 Å². The third-order valence-corrected chi connectivity index (χ3v) is 3.65. The van der Waals surface area contributed by atoms with E-state index < -0.39 is 0 Å². The molecule has 2 nitrogen and oxygen atoms in total. The molecule has 0 radical (unpaired) electrons. The number of nitrogens with one attached hydrogen (secondary N) is 1. The van der Waals surface area contributed by atoms with Crippen molar-refractivity contribution in [3.8, 4) is 5.75 Å². The van der Waals surface area contributed by atoms with Crippen LogP contribution in [0.3, 0.4) is 0 Å². The lowest BCUT2D eigenvalue weighted by Crippen LogP contribution is -2.06. The molecule has 0 heterocycles. The summed E-state index contributed by atoms with van der Waals surface area (Å²) in [5, 5.41) is 3.52. The van der Waals surface area contributed by atoms with E-state index in [1.807, 2.05) is 19.1 Å². The maximum atomic E-state index is 5.46. The Hall–Kier alpha value is -1.96. The largest absolute Gasteiger partial charge is 0.494 e. The standard InChI is InChI=1S/C19H25NO/c1-5-21-19-12-10-18(11-13-19)20-15(4)17-8-6-16(7-9-17)14(2)3/h6-15,20H,5H2,1-4H3. The van der Waals surface area contributed by atoms with Crippen molar-refractivity contribution in [2.45, 2.75) is 39.7 Å². The minimum atomic E-state index is 0.282. The molecule has 1 N–H and O–H groups in total. The van der Waals surface area contributed by atoms with Gasteiger partial charge in [0.15, 0.2) is 0 Å². The Morgan fingerprint density at radius 2 is 1.43 bits per heavy atom. The summed E-state index contributed by atoms with van der Waals surface area (Å²) in [6.45, 7) is 9.31. The number of benzene rings is 2. The fourth-order valence-corrected chi connectivity index (χ4v) is 2.32. The van der Waals surface area contributed by atoms with Crippen LogP contribution in [0, 0.1) is 0 Å². The van der Waals surface area contributed by atoms with Crippen molar-refractivity contribution < 1.29 is 4.74 Å². The lowest BCUT2D eigenvalue weighted by atomic mass is 9.99.